The molecular weight excluding hydrogens is 393 g/mol. The number of amides is 1. The summed E-state index contributed by atoms with van der Waals surface area (Å²) in [7, 11) is -3.77. The molecule has 0 heterocycles. The average Bonchev–Trinajstić information content (AvgIpc) is 2.69. The minimum Gasteiger partial charge on any atom is -0.355 e. The van der Waals surface area contributed by atoms with E-state index in [1.807, 2.05) is 0 Å². The summed E-state index contributed by atoms with van der Waals surface area (Å²) in [5.41, 5.74) is 2.38. The molecule has 8 heteroatoms. The zero-order chi connectivity index (χ0) is 21.0. The Hall–Kier alpha value is -3.23. The van der Waals surface area contributed by atoms with Gasteiger partial charge in [-0.15, -0.1) is 0 Å². The van der Waals surface area contributed by atoms with Crippen LogP contribution in [0, 0.1) is 5.82 Å². The lowest BCUT2D eigenvalue weighted by molar-refractivity contribution is 0.0940. The van der Waals surface area contributed by atoms with Crippen LogP contribution in [0.25, 0.3) is 0 Å². The molecule has 3 aromatic rings. The molecule has 0 saturated carbocycles. The van der Waals surface area contributed by atoms with E-state index < -0.39 is 10.0 Å². The van der Waals surface area contributed by atoms with Crippen molar-refractivity contribution in [2.24, 2.45) is 5.14 Å². The van der Waals surface area contributed by atoms with Gasteiger partial charge in [0.1, 0.15) is 5.82 Å². The monoisotopic (exact) mass is 413 g/mol. The first-order chi connectivity index (χ1) is 13.7. The number of benzene rings is 3. The minimum absolute atomic E-state index is 0.00798. The van der Waals surface area contributed by atoms with Crippen LogP contribution in [0.3, 0.4) is 0 Å². The van der Waals surface area contributed by atoms with E-state index in [2.05, 4.69) is 10.6 Å². The molecule has 0 aromatic heterocycles. The third kappa shape index (κ3) is 5.18. The largest absolute Gasteiger partial charge is 0.355 e. The molecule has 1 amide bonds. The van der Waals surface area contributed by atoms with Crippen LogP contribution in [-0.2, 0) is 10.0 Å². The first-order valence-corrected chi connectivity index (χ1v) is 10.3. The van der Waals surface area contributed by atoms with Crippen molar-refractivity contribution in [1.29, 1.82) is 0 Å². The Kier molecular flexibility index (Phi) is 5.95. The molecule has 0 unspecified atom stereocenters. The highest BCUT2D eigenvalue weighted by molar-refractivity contribution is 7.89. The van der Waals surface area contributed by atoms with Crippen molar-refractivity contribution in [3.05, 3.63) is 89.7 Å². The SMILES string of the molecule is C[C@H](NC(=O)c1ccccc1Nc1ccc(F)cc1)c1ccc(S(N)(=O)=O)cc1. The van der Waals surface area contributed by atoms with E-state index >= 15 is 0 Å². The van der Waals surface area contributed by atoms with E-state index in [0.29, 0.717) is 16.9 Å². The summed E-state index contributed by atoms with van der Waals surface area (Å²) in [6, 6.07) is 18.4. The lowest BCUT2D eigenvalue weighted by Gasteiger charge is -2.17. The van der Waals surface area contributed by atoms with Crippen molar-refractivity contribution >= 4 is 27.3 Å². The highest BCUT2D eigenvalue weighted by Crippen LogP contribution is 2.22. The van der Waals surface area contributed by atoms with Crippen LogP contribution < -0.4 is 15.8 Å². The number of halogens is 1. The average molecular weight is 413 g/mol. The van der Waals surface area contributed by atoms with Gasteiger partial charge in [-0.1, -0.05) is 24.3 Å². The number of carbonyl (C=O) groups excluding carboxylic acids is 1. The number of rotatable bonds is 6. The van der Waals surface area contributed by atoms with E-state index in [4.69, 9.17) is 5.14 Å². The fraction of sp³-hybridized carbons (Fsp3) is 0.0952. The number of hydrogen-bond acceptors (Lipinski definition) is 4. The quantitative estimate of drug-likeness (QED) is 0.573. The normalized spacial score (nSPS) is 12.2. The number of hydrogen-bond donors (Lipinski definition) is 3. The zero-order valence-corrected chi connectivity index (χ0v) is 16.4. The molecule has 0 radical (unpaired) electrons. The molecule has 3 aromatic carbocycles. The summed E-state index contributed by atoms with van der Waals surface area (Å²) in [5, 5.41) is 11.1. The molecule has 0 aliphatic rings. The highest BCUT2D eigenvalue weighted by Gasteiger charge is 2.16. The van der Waals surface area contributed by atoms with Crippen LogP contribution >= 0.6 is 0 Å². The van der Waals surface area contributed by atoms with Crippen molar-refractivity contribution in [2.75, 3.05) is 5.32 Å². The Bertz CT molecular complexity index is 1110. The third-order valence-electron chi connectivity index (χ3n) is 4.35. The molecule has 0 fully saturated rings. The third-order valence-corrected chi connectivity index (χ3v) is 5.28. The van der Waals surface area contributed by atoms with Gasteiger partial charge in [0.05, 0.1) is 22.2 Å². The molecule has 150 valence electrons. The van der Waals surface area contributed by atoms with Gasteiger partial charge in [-0.05, 0) is 61.0 Å². The molecule has 0 aliphatic carbocycles. The van der Waals surface area contributed by atoms with Crippen LogP contribution in [-0.4, -0.2) is 14.3 Å². The van der Waals surface area contributed by atoms with Crippen LogP contribution in [0.5, 0.6) is 0 Å². The van der Waals surface area contributed by atoms with Crippen LogP contribution in [0.15, 0.2) is 77.7 Å². The second-order valence-electron chi connectivity index (χ2n) is 6.49. The maximum Gasteiger partial charge on any atom is 0.253 e. The van der Waals surface area contributed by atoms with Crippen molar-refractivity contribution in [3.63, 3.8) is 0 Å². The molecule has 0 aliphatic heterocycles. The lowest BCUT2D eigenvalue weighted by atomic mass is 10.1. The first kappa shape index (κ1) is 20.5. The Morgan fingerprint density at radius 1 is 0.966 bits per heavy atom. The van der Waals surface area contributed by atoms with Crippen LogP contribution in [0.2, 0.25) is 0 Å². The Balaban J connectivity index is 1.76. The van der Waals surface area contributed by atoms with E-state index in [1.165, 1.54) is 24.3 Å². The summed E-state index contributed by atoms with van der Waals surface area (Å²) >= 11 is 0. The number of primary sulfonamides is 1. The van der Waals surface area contributed by atoms with E-state index in [9.17, 15) is 17.6 Å². The minimum atomic E-state index is -3.77. The summed E-state index contributed by atoms with van der Waals surface area (Å²) in [5.74, 6) is -0.651. The summed E-state index contributed by atoms with van der Waals surface area (Å²) < 4.78 is 35.8. The number of carbonyl (C=O) groups is 1. The summed E-state index contributed by atoms with van der Waals surface area (Å²) in [6.45, 7) is 1.79. The first-order valence-electron chi connectivity index (χ1n) is 8.79. The number of para-hydroxylation sites is 1. The van der Waals surface area contributed by atoms with Gasteiger partial charge in [0, 0.05) is 5.69 Å². The van der Waals surface area contributed by atoms with Gasteiger partial charge < -0.3 is 10.6 Å². The van der Waals surface area contributed by atoms with Gasteiger partial charge in [-0.25, -0.2) is 17.9 Å². The van der Waals surface area contributed by atoms with Gasteiger partial charge in [0.25, 0.3) is 5.91 Å². The fourth-order valence-electron chi connectivity index (χ4n) is 2.78. The molecule has 0 spiro atoms. The van der Waals surface area contributed by atoms with Crippen molar-refractivity contribution in [2.45, 2.75) is 17.9 Å². The van der Waals surface area contributed by atoms with Gasteiger partial charge in [-0.2, -0.15) is 0 Å². The Labute approximate surface area is 168 Å². The Morgan fingerprint density at radius 2 is 1.59 bits per heavy atom. The highest BCUT2D eigenvalue weighted by atomic mass is 32.2. The van der Waals surface area contributed by atoms with Gasteiger partial charge in [0.15, 0.2) is 0 Å². The second kappa shape index (κ2) is 8.42. The summed E-state index contributed by atoms with van der Waals surface area (Å²) in [6.07, 6.45) is 0. The van der Waals surface area contributed by atoms with Gasteiger partial charge >= 0.3 is 0 Å². The molecular formula is C21H20FN3O3S. The Morgan fingerprint density at radius 3 is 2.21 bits per heavy atom. The maximum atomic E-state index is 13.1. The standard InChI is InChI=1S/C21H20FN3O3S/c1-14(15-6-12-18(13-7-15)29(23,27)28)24-21(26)19-4-2-3-5-20(19)25-17-10-8-16(22)9-11-17/h2-14,25H,1H3,(H,24,26)(H2,23,27,28)/t14-/m0/s1. The molecule has 4 N–H and O–H groups in total. The maximum absolute atomic E-state index is 13.1. The molecule has 1 atom stereocenters. The van der Waals surface area contributed by atoms with Crippen LogP contribution in [0.4, 0.5) is 15.8 Å². The fourth-order valence-corrected chi connectivity index (χ4v) is 3.30. The van der Waals surface area contributed by atoms with E-state index in [0.717, 1.165) is 5.56 Å². The van der Waals surface area contributed by atoms with Crippen molar-refractivity contribution < 1.29 is 17.6 Å². The molecule has 3 rings (SSSR count). The zero-order valence-electron chi connectivity index (χ0n) is 15.6. The number of nitrogens with two attached hydrogens (primary N) is 1. The number of anilines is 2. The molecule has 29 heavy (non-hydrogen) atoms. The number of sulfonamides is 1. The van der Waals surface area contributed by atoms with E-state index in [-0.39, 0.29) is 22.7 Å². The van der Waals surface area contributed by atoms with Crippen molar-refractivity contribution in [3.8, 4) is 0 Å². The van der Waals surface area contributed by atoms with E-state index in [1.54, 1.807) is 55.5 Å². The van der Waals surface area contributed by atoms with Gasteiger partial charge in [0.2, 0.25) is 10.0 Å². The molecule has 0 bridgehead atoms. The molecule has 6 nitrogen and oxygen atoms in total. The smallest absolute Gasteiger partial charge is 0.253 e. The predicted molar refractivity (Wildman–Crippen MR) is 110 cm³/mol. The lowest BCUT2D eigenvalue weighted by Crippen LogP contribution is -2.27. The topological polar surface area (TPSA) is 101 Å². The summed E-state index contributed by atoms with van der Waals surface area (Å²) in [4.78, 5) is 12.8. The van der Waals surface area contributed by atoms with Crippen molar-refractivity contribution in [1.82, 2.24) is 5.32 Å². The number of nitrogens with one attached hydrogen (secondary N) is 2. The molecule has 0 saturated heterocycles. The predicted octanol–water partition coefficient (Wildman–Crippen LogP) is 3.71. The second-order valence-corrected chi connectivity index (χ2v) is 8.05. The van der Waals surface area contributed by atoms with Gasteiger partial charge in [-0.3, -0.25) is 4.79 Å². The van der Waals surface area contributed by atoms with Crippen LogP contribution in [0.1, 0.15) is 28.9 Å².